The van der Waals surface area contributed by atoms with Gasteiger partial charge in [-0.1, -0.05) is 24.3 Å². The Hall–Kier alpha value is -2.71. The summed E-state index contributed by atoms with van der Waals surface area (Å²) in [7, 11) is 0. The van der Waals surface area contributed by atoms with Crippen molar-refractivity contribution in [3.05, 3.63) is 77.1 Å². The zero-order chi connectivity index (χ0) is 21.6. The average Bonchev–Trinajstić information content (AvgIpc) is 2.74. The van der Waals surface area contributed by atoms with Crippen molar-refractivity contribution in [1.82, 2.24) is 10.2 Å². The van der Waals surface area contributed by atoms with Gasteiger partial charge in [0.25, 0.3) is 0 Å². The molecule has 1 heterocycles. The number of amides is 1. The molecule has 8 heteroatoms. The van der Waals surface area contributed by atoms with E-state index in [4.69, 9.17) is 4.74 Å². The minimum atomic E-state index is -4.44. The second kappa shape index (κ2) is 9.86. The van der Waals surface area contributed by atoms with E-state index in [1.54, 1.807) is 12.1 Å². The predicted molar refractivity (Wildman–Crippen MR) is 105 cm³/mol. The maximum Gasteiger partial charge on any atom is 0.416 e. The van der Waals surface area contributed by atoms with Crippen molar-refractivity contribution in [2.75, 3.05) is 32.8 Å². The summed E-state index contributed by atoms with van der Waals surface area (Å²) in [5, 5.41) is 2.78. The minimum absolute atomic E-state index is 0.166. The Morgan fingerprint density at radius 3 is 2.50 bits per heavy atom. The van der Waals surface area contributed by atoms with Gasteiger partial charge in [0.2, 0.25) is 5.91 Å². The number of nitrogens with one attached hydrogen (secondary N) is 1. The van der Waals surface area contributed by atoms with E-state index in [1.807, 2.05) is 0 Å². The molecule has 1 aliphatic rings. The van der Waals surface area contributed by atoms with Crippen molar-refractivity contribution < 1.29 is 27.1 Å². The van der Waals surface area contributed by atoms with Crippen LogP contribution in [0, 0.1) is 5.82 Å². The van der Waals surface area contributed by atoms with E-state index in [1.165, 1.54) is 36.4 Å². The summed E-state index contributed by atoms with van der Waals surface area (Å²) in [6, 6.07) is 10.7. The number of hydrogen-bond donors (Lipinski definition) is 1. The van der Waals surface area contributed by atoms with Gasteiger partial charge in [0, 0.05) is 25.7 Å². The number of nitrogens with zero attached hydrogens (tertiary/aromatic N) is 1. The topological polar surface area (TPSA) is 41.6 Å². The Kier molecular flexibility index (Phi) is 7.23. The van der Waals surface area contributed by atoms with E-state index in [2.05, 4.69) is 10.2 Å². The quantitative estimate of drug-likeness (QED) is 0.564. The molecule has 1 atom stereocenters. The van der Waals surface area contributed by atoms with Crippen LogP contribution in [0.2, 0.25) is 0 Å². The second-order valence-electron chi connectivity index (χ2n) is 6.92. The summed E-state index contributed by atoms with van der Waals surface area (Å²) in [5.41, 5.74) is 0.373. The maximum atomic E-state index is 13.3. The third-order valence-electron chi connectivity index (χ3n) is 4.85. The van der Waals surface area contributed by atoms with Crippen LogP contribution in [0.3, 0.4) is 0 Å². The summed E-state index contributed by atoms with van der Waals surface area (Å²) < 4.78 is 57.1. The van der Waals surface area contributed by atoms with Gasteiger partial charge in [-0.2, -0.15) is 13.2 Å². The van der Waals surface area contributed by atoms with Crippen molar-refractivity contribution in [3.8, 4) is 0 Å². The summed E-state index contributed by atoms with van der Waals surface area (Å²) in [6.07, 6.45) is -1.89. The van der Waals surface area contributed by atoms with Crippen LogP contribution in [-0.4, -0.2) is 43.7 Å². The summed E-state index contributed by atoms with van der Waals surface area (Å²) in [5.74, 6) is -0.764. The molecular weight excluding hydrogens is 400 g/mol. The Balaban J connectivity index is 1.65. The summed E-state index contributed by atoms with van der Waals surface area (Å²) >= 11 is 0. The molecule has 0 radical (unpaired) electrons. The molecule has 1 saturated heterocycles. The lowest BCUT2D eigenvalue weighted by molar-refractivity contribution is -0.137. The highest BCUT2D eigenvalue weighted by Gasteiger charge is 2.30. The fraction of sp³-hybridized carbons (Fsp3) is 0.318. The highest BCUT2D eigenvalue weighted by molar-refractivity contribution is 5.91. The van der Waals surface area contributed by atoms with Gasteiger partial charge in [-0.05, 0) is 41.5 Å². The molecule has 0 spiro atoms. The van der Waals surface area contributed by atoms with Crippen LogP contribution in [0.15, 0.2) is 54.6 Å². The lowest BCUT2D eigenvalue weighted by Crippen LogP contribution is -2.43. The minimum Gasteiger partial charge on any atom is -0.379 e. The number of hydrogen-bond acceptors (Lipinski definition) is 3. The largest absolute Gasteiger partial charge is 0.416 e. The standard InChI is InChI=1S/C22H22F4N2O2/c23-19-7-5-17(6-8-19)20(28-10-12-30-13-11-28)15-27-21(29)9-4-16-2-1-3-18(14-16)22(24,25)26/h1-9,14,20H,10-13,15H2,(H,27,29)/b9-4+. The Bertz CT molecular complexity index is 875. The summed E-state index contributed by atoms with van der Waals surface area (Å²) in [4.78, 5) is 14.4. The molecule has 160 valence electrons. The fourth-order valence-electron chi connectivity index (χ4n) is 3.28. The number of morpholine rings is 1. The molecule has 4 nitrogen and oxygen atoms in total. The number of halogens is 4. The van der Waals surface area contributed by atoms with Gasteiger partial charge >= 0.3 is 6.18 Å². The number of rotatable bonds is 6. The smallest absolute Gasteiger partial charge is 0.379 e. The number of ether oxygens (including phenoxy) is 1. The third-order valence-corrected chi connectivity index (χ3v) is 4.85. The van der Waals surface area contributed by atoms with Crippen LogP contribution in [-0.2, 0) is 15.7 Å². The monoisotopic (exact) mass is 422 g/mol. The van der Waals surface area contributed by atoms with Crippen LogP contribution in [0.5, 0.6) is 0 Å². The Morgan fingerprint density at radius 1 is 1.13 bits per heavy atom. The predicted octanol–water partition coefficient (Wildman–Crippen LogP) is 4.05. The molecule has 0 saturated carbocycles. The lowest BCUT2D eigenvalue weighted by Gasteiger charge is -2.34. The van der Waals surface area contributed by atoms with E-state index in [9.17, 15) is 22.4 Å². The van der Waals surface area contributed by atoms with Crippen LogP contribution in [0.25, 0.3) is 6.08 Å². The molecule has 1 N–H and O–H groups in total. The molecule has 1 unspecified atom stereocenters. The first-order valence-electron chi connectivity index (χ1n) is 9.53. The SMILES string of the molecule is O=C(/C=C/c1cccc(C(F)(F)F)c1)NCC(c1ccc(F)cc1)N1CCOCC1. The lowest BCUT2D eigenvalue weighted by atomic mass is 10.0. The van der Waals surface area contributed by atoms with E-state index in [0.717, 1.165) is 17.7 Å². The number of carbonyl (C=O) groups is 1. The van der Waals surface area contributed by atoms with Gasteiger partial charge in [-0.15, -0.1) is 0 Å². The van der Waals surface area contributed by atoms with Crippen LogP contribution in [0.4, 0.5) is 17.6 Å². The molecule has 2 aromatic rings. The Morgan fingerprint density at radius 2 is 1.83 bits per heavy atom. The van der Waals surface area contributed by atoms with Gasteiger partial charge in [0.05, 0.1) is 24.8 Å². The van der Waals surface area contributed by atoms with Crippen LogP contribution in [0.1, 0.15) is 22.7 Å². The molecule has 0 aliphatic carbocycles. The second-order valence-corrected chi connectivity index (χ2v) is 6.92. The maximum absolute atomic E-state index is 13.3. The first-order valence-corrected chi connectivity index (χ1v) is 9.53. The van der Waals surface area contributed by atoms with Gasteiger partial charge in [-0.25, -0.2) is 4.39 Å². The average molecular weight is 422 g/mol. The molecule has 1 aliphatic heterocycles. The molecule has 2 aromatic carbocycles. The zero-order valence-electron chi connectivity index (χ0n) is 16.2. The van der Waals surface area contributed by atoms with Gasteiger partial charge < -0.3 is 10.1 Å². The molecule has 3 rings (SSSR count). The number of alkyl halides is 3. The van der Waals surface area contributed by atoms with Crippen molar-refractivity contribution in [1.29, 1.82) is 0 Å². The molecule has 0 aromatic heterocycles. The summed E-state index contributed by atoms with van der Waals surface area (Å²) in [6.45, 7) is 2.77. The van der Waals surface area contributed by atoms with Gasteiger partial charge in [0.15, 0.2) is 0 Å². The van der Waals surface area contributed by atoms with Crippen LogP contribution < -0.4 is 5.32 Å². The van der Waals surface area contributed by atoms with Crippen molar-refractivity contribution in [2.45, 2.75) is 12.2 Å². The van der Waals surface area contributed by atoms with Crippen molar-refractivity contribution >= 4 is 12.0 Å². The fourth-order valence-corrected chi connectivity index (χ4v) is 3.28. The number of benzene rings is 2. The molecule has 1 fully saturated rings. The molecule has 1 amide bonds. The first kappa shape index (κ1) is 22.0. The normalized spacial score (nSPS) is 16.5. The zero-order valence-corrected chi connectivity index (χ0v) is 16.2. The van der Waals surface area contributed by atoms with Gasteiger partial charge in [0.1, 0.15) is 5.82 Å². The number of carbonyl (C=O) groups excluding carboxylic acids is 1. The third kappa shape index (κ3) is 6.14. The van der Waals surface area contributed by atoms with E-state index < -0.39 is 17.6 Å². The van der Waals surface area contributed by atoms with Crippen LogP contribution >= 0.6 is 0 Å². The molecule has 30 heavy (non-hydrogen) atoms. The highest BCUT2D eigenvalue weighted by atomic mass is 19.4. The molecular formula is C22H22F4N2O2. The van der Waals surface area contributed by atoms with Crippen molar-refractivity contribution in [2.24, 2.45) is 0 Å². The highest BCUT2D eigenvalue weighted by Crippen LogP contribution is 2.29. The van der Waals surface area contributed by atoms with Crippen molar-refractivity contribution in [3.63, 3.8) is 0 Å². The van der Waals surface area contributed by atoms with E-state index in [-0.39, 0.29) is 24.0 Å². The van der Waals surface area contributed by atoms with Gasteiger partial charge in [-0.3, -0.25) is 9.69 Å². The first-order chi connectivity index (χ1) is 14.3. The van der Waals surface area contributed by atoms with E-state index in [0.29, 0.717) is 26.3 Å². The van der Waals surface area contributed by atoms with E-state index >= 15 is 0 Å². The molecule has 0 bridgehead atoms. The Labute approximate surface area is 172 Å².